The lowest BCUT2D eigenvalue weighted by Gasteiger charge is -2.27. The van der Waals surface area contributed by atoms with E-state index in [0.717, 1.165) is 37.6 Å². The Balaban J connectivity index is 1.26. The number of nitrogens with one attached hydrogen (secondary N) is 1. The quantitative estimate of drug-likeness (QED) is 0.877. The molecule has 1 fully saturated rings. The maximum absolute atomic E-state index is 12.2. The summed E-state index contributed by atoms with van der Waals surface area (Å²) in [6, 6.07) is 10.1. The second kappa shape index (κ2) is 6.96. The monoisotopic (exact) mass is 339 g/mol. The molecule has 1 aliphatic carbocycles. The van der Waals surface area contributed by atoms with Crippen molar-refractivity contribution in [1.82, 2.24) is 25.0 Å². The summed E-state index contributed by atoms with van der Waals surface area (Å²) in [4.78, 5) is 14.5. The van der Waals surface area contributed by atoms with Gasteiger partial charge in [-0.2, -0.15) is 0 Å². The zero-order chi connectivity index (χ0) is 17.2. The molecular formula is C19H25N5O. The van der Waals surface area contributed by atoms with Crippen LogP contribution in [-0.2, 0) is 17.9 Å². The van der Waals surface area contributed by atoms with Gasteiger partial charge in [0.2, 0.25) is 5.91 Å². The molecule has 25 heavy (non-hydrogen) atoms. The number of rotatable bonds is 6. The maximum atomic E-state index is 12.2. The molecule has 1 aliphatic heterocycles. The van der Waals surface area contributed by atoms with Crippen LogP contribution in [0, 0.1) is 0 Å². The molecule has 0 bridgehead atoms. The van der Waals surface area contributed by atoms with Gasteiger partial charge in [-0.25, -0.2) is 0 Å². The summed E-state index contributed by atoms with van der Waals surface area (Å²) in [5.41, 5.74) is 1.13. The lowest BCUT2D eigenvalue weighted by molar-refractivity contribution is -0.122. The van der Waals surface area contributed by atoms with Crippen LogP contribution in [0.4, 0.5) is 0 Å². The molecule has 132 valence electrons. The van der Waals surface area contributed by atoms with Gasteiger partial charge >= 0.3 is 0 Å². The highest BCUT2D eigenvalue weighted by Crippen LogP contribution is 2.39. The standard InChI is InChI=1S/C19H25N5O/c1-14(15-5-3-2-4-6-15)20-18(25)9-10-23-11-12-24-17(13-23)21-22-19(24)16-7-8-16/h2-6,14,16H,7-13H2,1H3,(H,20,25). The lowest BCUT2D eigenvalue weighted by Crippen LogP contribution is -2.37. The number of fused-ring (bicyclic) bond motifs is 1. The number of carbonyl (C=O) groups excluding carboxylic acids is 1. The van der Waals surface area contributed by atoms with Crippen LogP contribution >= 0.6 is 0 Å². The summed E-state index contributed by atoms with van der Waals surface area (Å²) in [5.74, 6) is 2.95. The zero-order valence-corrected chi connectivity index (χ0v) is 14.7. The SMILES string of the molecule is CC(NC(=O)CCN1CCn2c(nnc2C2CC2)C1)c1ccccc1. The van der Waals surface area contributed by atoms with Crippen molar-refractivity contribution in [2.75, 3.05) is 13.1 Å². The molecule has 6 nitrogen and oxygen atoms in total. The minimum Gasteiger partial charge on any atom is -0.350 e. The molecule has 4 rings (SSSR count). The van der Waals surface area contributed by atoms with E-state index >= 15 is 0 Å². The van der Waals surface area contributed by atoms with Crippen molar-refractivity contribution in [2.45, 2.75) is 51.2 Å². The molecule has 1 N–H and O–H groups in total. The lowest BCUT2D eigenvalue weighted by atomic mass is 10.1. The maximum Gasteiger partial charge on any atom is 0.221 e. The molecule has 0 spiro atoms. The fraction of sp³-hybridized carbons (Fsp3) is 0.526. The minimum atomic E-state index is 0.0410. The highest BCUT2D eigenvalue weighted by Gasteiger charge is 2.32. The van der Waals surface area contributed by atoms with Gasteiger partial charge < -0.3 is 9.88 Å². The van der Waals surface area contributed by atoms with Crippen LogP contribution in [0.1, 0.15) is 55.4 Å². The van der Waals surface area contributed by atoms with Crippen molar-refractivity contribution in [3.05, 3.63) is 47.5 Å². The van der Waals surface area contributed by atoms with E-state index in [1.807, 2.05) is 37.3 Å². The Morgan fingerprint density at radius 1 is 1.24 bits per heavy atom. The number of hydrogen-bond donors (Lipinski definition) is 1. The van der Waals surface area contributed by atoms with Crippen molar-refractivity contribution in [2.24, 2.45) is 0 Å². The van der Waals surface area contributed by atoms with Crippen molar-refractivity contribution in [1.29, 1.82) is 0 Å². The number of hydrogen-bond acceptors (Lipinski definition) is 4. The second-order valence-electron chi connectivity index (χ2n) is 7.13. The van der Waals surface area contributed by atoms with Crippen molar-refractivity contribution in [3.8, 4) is 0 Å². The summed E-state index contributed by atoms with van der Waals surface area (Å²) >= 11 is 0. The molecule has 1 aromatic carbocycles. The molecule has 2 aliphatic rings. The van der Waals surface area contributed by atoms with Gasteiger partial charge in [0.25, 0.3) is 0 Å². The Hall–Kier alpha value is -2.21. The van der Waals surface area contributed by atoms with Crippen LogP contribution in [0.5, 0.6) is 0 Å². The van der Waals surface area contributed by atoms with Gasteiger partial charge in [0.05, 0.1) is 12.6 Å². The van der Waals surface area contributed by atoms with Gasteiger partial charge in [0.1, 0.15) is 11.6 Å². The van der Waals surface area contributed by atoms with Gasteiger partial charge in [-0.3, -0.25) is 9.69 Å². The van der Waals surface area contributed by atoms with E-state index in [1.54, 1.807) is 0 Å². The van der Waals surface area contributed by atoms with Crippen LogP contribution in [0.15, 0.2) is 30.3 Å². The fourth-order valence-electron chi connectivity index (χ4n) is 3.46. The average Bonchev–Trinajstić information content (AvgIpc) is 3.40. The van der Waals surface area contributed by atoms with E-state index in [4.69, 9.17) is 0 Å². The molecule has 2 aromatic rings. The predicted molar refractivity (Wildman–Crippen MR) is 94.9 cm³/mol. The van der Waals surface area contributed by atoms with E-state index in [-0.39, 0.29) is 11.9 Å². The minimum absolute atomic E-state index is 0.0410. The smallest absolute Gasteiger partial charge is 0.221 e. The van der Waals surface area contributed by atoms with Gasteiger partial charge in [-0.1, -0.05) is 30.3 Å². The second-order valence-corrected chi connectivity index (χ2v) is 7.13. The zero-order valence-electron chi connectivity index (χ0n) is 14.7. The van der Waals surface area contributed by atoms with E-state index in [9.17, 15) is 4.79 Å². The third kappa shape index (κ3) is 3.74. The molecule has 0 saturated heterocycles. The van der Waals surface area contributed by atoms with Crippen molar-refractivity contribution >= 4 is 5.91 Å². The Morgan fingerprint density at radius 3 is 2.80 bits per heavy atom. The normalized spacial score (nSPS) is 18.6. The van der Waals surface area contributed by atoms with Crippen LogP contribution < -0.4 is 5.32 Å². The van der Waals surface area contributed by atoms with Crippen LogP contribution in [0.25, 0.3) is 0 Å². The summed E-state index contributed by atoms with van der Waals surface area (Å²) in [7, 11) is 0. The Morgan fingerprint density at radius 2 is 2.04 bits per heavy atom. The summed E-state index contributed by atoms with van der Waals surface area (Å²) < 4.78 is 2.28. The Labute approximate surface area is 148 Å². The highest BCUT2D eigenvalue weighted by atomic mass is 16.1. The molecule has 1 atom stereocenters. The third-order valence-corrected chi connectivity index (χ3v) is 5.14. The molecule has 0 radical (unpaired) electrons. The van der Waals surface area contributed by atoms with Gasteiger partial charge in [-0.05, 0) is 25.3 Å². The molecule has 1 saturated carbocycles. The molecule has 1 aromatic heterocycles. The molecule has 2 heterocycles. The molecule has 1 amide bonds. The van der Waals surface area contributed by atoms with Crippen molar-refractivity contribution in [3.63, 3.8) is 0 Å². The van der Waals surface area contributed by atoms with E-state index in [2.05, 4.69) is 25.0 Å². The number of aromatic nitrogens is 3. The Bertz CT molecular complexity index is 738. The highest BCUT2D eigenvalue weighted by molar-refractivity contribution is 5.76. The van der Waals surface area contributed by atoms with Gasteiger partial charge in [0.15, 0.2) is 0 Å². The number of carbonyl (C=O) groups is 1. The Kier molecular flexibility index (Phi) is 4.53. The number of amides is 1. The fourth-order valence-corrected chi connectivity index (χ4v) is 3.46. The first kappa shape index (κ1) is 16.3. The van der Waals surface area contributed by atoms with Crippen LogP contribution in [0.2, 0.25) is 0 Å². The summed E-state index contributed by atoms with van der Waals surface area (Å²) in [6.45, 7) is 5.48. The number of nitrogens with zero attached hydrogens (tertiary/aromatic N) is 4. The average molecular weight is 339 g/mol. The first-order chi connectivity index (χ1) is 12.2. The van der Waals surface area contributed by atoms with Gasteiger partial charge in [0, 0.05) is 32.0 Å². The van der Waals surface area contributed by atoms with E-state index in [0.29, 0.717) is 12.3 Å². The largest absolute Gasteiger partial charge is 0.350 e. The third-order valence-electron chi connectivity index (χ3n) is 5.14. The van der Waals surface area contributed by atoms with E-state index < -0.39 is 0 Å². The predicted octanol–water partition coefficient (Wildman–Crippen LogP) is 2.24. The first-order valence-electron chi connectivity index (χ1n) is 9.19. The summed E-state index contributed by atoms with van der Waals surface area (Å²) in [6.07, 6.45) is 3.02. The van der Waals surface area contributed by atoms with Crippen molar-refractivity contribution < 1.29 is 4.79 Å². The topological polar surface area (TPSA) is 63.1 Å². The molecular weight excluding hydrogens is 314 g/mol. The number of benzene rings is 1. The molecule has 1 unspecified atom stereocenters. The first-order valence-corrected chi connectivity index (χ1v) is 9.19. The van der Waals surface area contributed by atoms with Crippen LogP contribution in [-0.4, -0.2) is 38.7 Å². The summed E-state index contributed by atoms with van der Waals surface area (Å²) in [5, 5.41) is 11.8. The van der Waals surface area contributed by atoms with Crippen LogP contribution in [0.3, 0.4) is 0 Å². The molecule has 6 heteroatoms. The van der Waals surface area contributed by atoms with Gasteiger partial charge in [-0.15, -0.1) is 10.2 Å². The van der Waals surface area contributed by atoms with E-state index in [1.165, 1.54) is 18.7 Å².